The number of hydrogen-bond donors (Lipinski definition) is 1. The summed E-state index contributed by atoms with van der Waals surface area (Å²) in [4.78, 5) is 0. The van der Waals surface area contributed by atoms with Gasteiger partial charge in [0.1, 0.15) is 6.61 Å². The van der Waals surface area contributed by atoms with Crippen LogP contribution in [0.3, 0.4) is 0 Å². The van der Waals surface area contributed by atoms with Crippen LogP contribution in [0.4, 0.5) is 0 Å². The summed E-state index contributed by atoms with van der Waals surface area (Å²) in [5.74, 6) is 1.96. The van der Waals surface area contributed by atoms with E-state index in [1.807, 2.05) is 43.4 Å². The summed E-state index contributed by atoms with van der Waals surface area (Å²) in [6.07, 6.45) is 0. The smallest absolute Gasteiger partial charge is 0.209 e. The normalized spacial score (nSPS) is 10.9. The second-order valence-corrected chi connectivity index (χ2v) is 8.04. The fourth-order valence-corrected chi connectivity index (χ4v) is 3.84. The number of aryl methyl sites for hydroxylation is 1. The molecule has 1 aromatic heterocycles. The number of nitrogens with one attached hydrogen (secondary N) is 1. The lowest BCUT2D eigenvalue weighted by molar-refractivity contribution is 0.284. The third-order valence-electron chi connectivity index (χ3n) is 3.98. The molecule has 0 aliphatic carbocycles. The van der Waals surface area contributed by atoms with E-state index in [0.29, 0.717) is 34.7 Å². The summed E-state index contributed by atoms with van der Waals surface area (Å²) < 4.78 is 13.0. The lowest BCUT2D eigenvalue weighted by atomic mass is 10.2. The molecular formula is C19H21Cl2N5O2S. The summed E-state index contributed by atoms with van der Waals surface area (Å²) in [7, 11) is 3.42. The number of ether oxygens (including phenoxy) is 2. The fraction of sp³-hybridized carbons (Fsp3) is 0.316. The minimum Gasteiger partial charge on any atom is -0.493 e. The second kappa shape index (κ2) is 10.7. The van der Waals surface area contributed by atoms with Crippen molar-refractivity contribution in [2.24, 2.45) is 7.05 Å². The van der Waals surface area contributed by atoms with Crippen LogP contribution in [0.5, 0.6) is 11.5 Å². The summed E-state index contributed by atoms with van der Waals surface area (Å²) in [5, 5.41) is 16.7. The van der Waals surface area contributed by atoms with Crippen LogP contribution < -0.4 is 14.8 Å². The average molecular weight is 454 g/mol. The van der Waals surface area contributed by atoms with Gasteiger partial charge in [-0.05, 0) is 45.8 Å². The van der Waals surface area contributed by atoms with Crippen LogP contribution in [0.15, 0.2) is 41.6 Å². The predicted molar refractivity (Wildman–Crippen MR) is 115 cm³/mol. The van der Waals surface area contributed by atoms with Gasteiger partial charge in [0, 0.05) is 30.9 Å². The van der Waals surface area contributed by atoms with E-state index in [-0.39, 0.29) is 0 Å². The third kappa shape index (κ3) is 6.24. The molecule has 0 aliphatic rings. The van der Waals surface area contributed by atoms with Crippen molar-refractivity contribution < 1.29 is 9.47 Å². The van der Waals surface area contributed by atoms with Crippen molar-refractivity contribution in [1.82, 2.24) is 25.5 Å². The summed E-state index contributed by atoms with van der Waals surface area (Å²) in [6, 6.07) is 11.3. The highest BCUT2D eigenvalue weighted by Gasteiger charge is 2.12. The van der Waals surface area contributed by atoms with Crippen LogP contribution >= 0.6 is 35.0 Å². The van der Waals surface area contributed by atoms with E-state index < -0.39 is 0 Å². The molecule has 0 bridgehead atoms. The quantitative estimate of drug-likeness (QED) is 0.367. The molecule has 1 heterocycles. The highest BCUT2D eigenvalue weighted by atomic mass is 35.5. The van der Waals surface area contributed by atoms with Crippen LogP contribution in [-0.2, 0) is 20.2 Å². The number of hydrogen-bond acceptors (Lipinski definition) is 7. The Bertz CT molecular complexity index is 954. The van der Waals surface area contributed by atoms with Crippen molar-refractivity contribution in [2.75, 3.05) is 19.4 Å². The number of nitrogens with zero attached hydrogens (tertiary/aromatic N) is 4. The SMILES string of the molecule is COc1cc(CNCCSc2nnnn2C)cc(Cl)c1OCc1cccc(Cl)c1. The van der Waals surface area contributed by atoms with Crippen LogP contribution in [0, 0.1) is 0 Å². The molecule has 0 aliphatic heterocycles. The third-order valence-corrected chi connectivity index (χ3v) is 5.51. The molecule has 7 nitrogen and oxygen atoms in total. The zero-order valence-electron chi connectivity index (χ0n) is 16.1. The van der Waals surface area contributed by atoms with Gasteiger partial charge in [0.15, 0.2) is 11.5 Å². The standard InChI is InChI=1S/C19H21Cl2N5O2S/c1-26-19(23-24-25-26)29-7-6-22-11-14-9-16(21)18(17(10-14)27-2)28-12-13-4-3-5-15(20)8-13/h3-5,8-10,22H,6-7,11-12H2,1-2H3. The second-order valence-electron chi connectivity index (χ2n) is 6.14. The molecule has 29 heavy (non-hydrogen) atoms. The van der Waals surface area contributed by atoms with Crippen LogP contribution in [0.1, 0.15) is 11.1 Å². The van der Waals surface area contributed by atoms with E-state index in [2.05, 4.69) is 20.8 Å². The van der Waals surface area contributed by atoms with Crippen molar-refractivity contribution >= 4 is 35.0 Å². The maximum Gasteiger partial charge on any atom is 0.209 e. The zero-order chi connectivity index (χ0) is 20.6. The topological polar surface area (TPSA) is 74.1 Å². The summed E-state index contributed by atoms with van der Waals surface area (Å²) in [6.45, 7) is 1.80. The van der Waals surface area contributed by atoms with Gasteiger partial charge in [-0.2, -0.15) is 0 Å². The molecule has 0 radical (unpaired) electrons. The molecular weight excluding hydrogens is 433 g/mol. The van der Waals surface area contributed by atoms with Gasteiger partial charge in [0.05, 0.1) is 12.1 Å². The Morgan fingerprint density at radius 3 is 2.76 bits per heavy atom. The van der Waals surface area contributed by atoms with E-state index in [9.17, 15) is 0 Å². The van der Waals surface area contributed by atoms with Crippen molar-refractivity contribution in [3.63, 3.8) is 0 Å². The van der Waals surface area contributed by atoms with Gasteiger partial charge in [-0.25, -0.2) is 4.68 Å². The average Bonchev–Trinajstić information content (AvgIpc) is 3.11. The molecule has 3 aromatic rings. The fourth-order valence-electron chi connectivity index (χ4n) is 2.59. The zero-order valence-corrected chi connectivity index (χ0v) is 18.4. The minimum atomic E-state index is 0.350. The highest BCUT2D eigenvalue weighted by Crippen LogP contribution is 2.37. The number of methoxy groups -OCH3 is 1. The maximum absolute atomic E-state index is 6.45. The molecule has 3 rings (SSSR count). The molecule has 0 unspecified atom stereocenters. The predicted octanol–water partition coefficient (Wildman–Crippen LogP) is 3.99. The Morgan fingerprint density at radius 1 is 1.17 bits per heavy atom. The Balaban J connectivity index is 1.54. The van der Waals surface area contributed by atoms with Gasteiger partial charge in [0.25, 0.3) is 0 Å². The molecule has 0 amide bonds. The Morgan fingerprint density at radius 2 is 2.03 bits per heavy atom. The molecule has 2 aromatic carbocycles. The van der Waals surface area contributed by atoms with E-state index in [1.165, 1.54) is 0 Å². The number of rotatable bonds is 10. The first-order valence-electron chi connectivity index (χ1n) is 8.86. The van der Waals surface area contributed by atoms with Crippen LogP contribution in [0.25, 0.3) is 0 Å². The van der Waals surface area contributed by atoms with Crippen molar-refractivity contribution in [1.29, 1.82) is 0 Å². The first-order valence-corrected chi connectivity index (χ1v) is 10.6. The van der Waals surface area contributed by atoms with Crippen molar-refractivity contribution in [3.8, 4) is 11.5 Å². The van der Waals surface area contributed by atoms with Crippen molar-refractivity contribution in [2.45, 2.75) is 18.3 Å². The molecule has 0 saturated carbocycles. The molecule has 0 atom stereocenters. The lowest BCUT2D eigenvalue weighted by Crippen LogP contribution is -2.17. The Hall–Kier alpha value is -2.00. The van der Waals surface area contributed by atoms with Gasteiger partial charge < -0.3 is 14.8 Å². The van der Waals surface area contributed by atoms with Gasteiger partial charge in [-0.15, -0.1) is 5.10 Å². The molecule has 0 saturated heterocycles. The number of thioether (sulfide) groups is 1. The summed E-state index contributed by atoms with van der Waals surface area (Å²) in [5.41, 5.74) is 1.96. The van der Waals surface area contributed by atoms with Gasteiger partial charge >= 0.3 is 0 Å². The van der Waals surface area contributed by atoms with Crippen LogP contribution in [-0.4, -0.2) is 39.6 Å². The van der Waals surface area contributed by atoms with E-state index in [1.54, 1.807) is 23.6 Å². The van der Waals surface area contributed by atoms with E-state index >= 15 is 0 Å². The summed E-state index contributed by atoms with van der Waals surface area (Å²) >= 11 is 14.1. The maximum atomic E-state index is 6.45. The van der Waals surface area contributed by atoms with Crippen LogP contribution in [0.2, 0.25) is 10.0 Å². The molecule has 0 spiro atoms. The molecule has 0 fully saturated rings. The molecule has 154 valence electrons. The van der Waals surface area contributed by atoms with E-state index in [0.717, 1.165) is 28.6 Å². The number of aromatic nitrogens is 4. The van der Waals surface area contributed by atoms with E-state index in [4.69, 9.17) is 32.7 Å². The van der Waals surface area contributed by atoms with Gasteiger partial charge in [0.2, 0.25) is 5.16 Å². The first kappa shape index (κ1) is 21.7. The minimum absolute atomic E-state index is 0.350. The Kier molecular flexibility index (Phi) is 8.00. The number of halogens is 2. The first-order chi connectivity index (χ1) is 14.1. The number of tetrazole rings is 1. The monoisotopic (exact) mass is 453 g/mol. The Labute approximate surface area is 183 Å². The largest absolute Gasteiger partial charge is 0.493 e. The number of benzene rings is 2. The molecule has 10 heteroatoms. The van der Waals surface area contributed by atoms with Crippen molar-refractivity contribution in [3.05, 3.63) is 57.6 Å². The lowest BCUT2D eigenvalue weighted by Gasteiger charge is -2.15. The highest BCUT2D eigenvalue weighted by molar-refractivity contribution is 7.99. The van der Waals surface area contributed by atoms with Gasteiger partial charge in [-0.3, -0.25) is 0 Å². The molecule has 1 N–H and O–H groups in total. The van der Waals surface area contributed by atoms with Gasteiger partial charge in [-0.1, -0.05) is 47.1 Å².